The van der Waals surface area contributed by atoms with Gasteiger partial charge in [-0.2, -0.15) is 0 Å². The molecule has 0 amide bonds. The normalized spacial score (nSPS) is 11.4. The van der Waals surface area contributed by atoms with Gasteiger partial charge >= 0.3 is 0 Å². The summed E-state index contributed by atoms with van der Waals surface area (Å²) >= 11 is 0. The first-order chi connectivity index (χ1) is 7.67. The largest absolute Gasteiger partial charge is 0.347 e. The molecule has 84 valence electrons. The number of nitrogens with zero attached hydrogens (tertiary/aromatic N) is 1. The van der Waals surface area contributed by atoms with Crippen molar-refractivity contribution in [3.8, 4) is 0 Å². The van der Waals surface area contributed by atoms with Crippen LogP contribution in [-0.4, -0.2) is 4.57 Å². The van der Waals surface area contributed by atoms with Gasteiger partial charge in [0.2, 0.25) is 0 Å². The fourth-order valence-corrected chi connectivity index (χ4v) is 1.82. The van der Waals surface area contributed by atoms with Crippen molar-refractivity contribution in [3.05, 3.63) is 53.9 Å². The van der Waals surface area contributed by atoms with Gasteiger partial charge in [-0.05, 0) is 19.9 Å². The van der Waals surface area contributed by atoms with Gasteiger partial charge in [0, 0.05) is 29.6 Å². The first kappa shape index (κ1) is 12.3. The van der Waals surface area contributed by atoms with Crippen molar-refractivity contribution in [1.82, 2.24) is 4.57 Å². The summed E-state index contributed by atoms with van der Waals surface area (Å²) in [6, 6.07) is 0. The standard InChI is InChI=1S/C15H19N/c1-6-9-11-14-12(4)16(5)15(10-7-2)13(14)8-3/h6-11H,1,3H2,2,4-5H3/b10-7-,11-9-. The van der Waals surface area contributed by atoms with Crippen molar-refractivity contribution >= 4 is 18.2 Å². The molecular formula is C15H19N. The molecule has 0 saturated heterocycles. The Balaban J connectivity index is 3.48. The molecule has 0 aliphatic carbocycles. The fraction of sp³-hybridized carbons (Fsp3) is 0.200. The topological polar surface area (TPSA) is 4.93 Å². The van der Waals surface area contributed by atoms with Crippen LogP contribution in [0.15, 0.2) is 31.4 Å². The molecule has 0 aromatic carbocycles. The Morgan fingerprint density at radius 3 is 2.31 bits per heavy atom. The molecule has 0 unspecified atom stereocenters. The van der Waals surface area contributed by atoms with Crippen LogP contribution in [0.1, 0.15) is 29.4 Å². The van der Waals surface area contributed by atoms with Crippen LogP contribution < -0.4 is 0 Å². The minimum atomic E-state index is 1.18. The molecule has 0 aliphatic rings. The second kappa shape index (κ2) is 5.36. The fourth-order valence-electron chi connectivity index (χ4n) is 1.82. The predicted octanol–water partition coefficient (Wildman–Crippen LogP) is 4.21. The summed E-state index contributed by atoms with van der Waals surface area (Å²) in [5, 5.41) is 0. The lowest BCUT2D eigenvalue weighted by Gasteiger charge is -2.00. The lowest BCUT2D eigenvalue weighted by Crippen LogP contribution is -1.93. The third-order valence-electron chi connectivity index (χ3n) is 2.75. The number of rotatable bonds is 4. The van der Waals surface area contributed by atoms with E-state index < -0.39 is 0 Å². The monoisotopic (exact) mass is 213 g/mol. The van der Waals surface area contributed by atoms with Gasteiger partial charge in [0.05, 0.1) is 0 Å². The third kappa shape index (κ3) is 2.08. The van der Waals surface area contributed by atoms with E-state index in [0.717, 1.165) is 0 Å². The highest BCUT2D eigenvalue weighted by atomic mass is 15.0. The zero-order chi connectivity index (χ0) is 12.1. The van der Waals surface area contributed by atoms with Crippen LogP contribution in [0.25, 0.3) is 18.2 Å². The van der Waals surface area contributed by atoms with Gasteiger partial charge in [-0.3, -0.25) is 0 Å². The van der Waals surface area contributed by atoms with Crippen LogP contribution in [0.5, 0.6) is 0 Å². The Labute approximate surface area is 98.1 Å². The average molecular weight is 213 g/mol. The van der Waals surface area contributed by atoms with Crippen molar-refractivity contribution in [1.29, 1.82) is 0 Å². The third-order valence-corrected chi connectivity index (χ3v) is 2.75. The van der Waals surface area contributed by atoms with Gasteiger partial charge in [-0.15, -0.1) is 0 Å². The van der Waals surface area contributed by atoms with E-state index in [-0.39, 0.29) is 0 Å². The number of allylic oxidation sites excluding steroid dienone is 3. The zero-order valence-corrected chi connectivity index (χ0v) is 10.3. The minimum Gasteiger partial charge on any atom is -0.347 e. The van der Waals surface area contributed by atoms with Crippen molar-refractivity contribution in [2.75, 3.05) is 0 Å². The summed E-state index contributed by atoms with van der Waals surface area (Å²) in [6.45, 7) is 11.7. The van der Waals surface area contributed by atoms with Gasteiger partial charge in [-0.25, -0.2) is 0 Å². The highest BCUT2D eigenvalue weighted by Crippen LogP contribution is 2.25. The first-order valence-corrected chi connectivity index (χ1v) is 5.40. The summed E-state index contributed by atoms with van der Waals surface area (Å²) in [5.41, 5.74) is 4.82. The van der Waals surface area contributed by atoms with Crippen LogP contribution in [0.2, 0.25) is 0 Å². The van der Waals surface area contributed by atoms with Crippen LogP contribution >= 0.6 is 0 Å². The molecule has 1 nitrogen and oxygen atoms in total. The first-order valence-electron chi connectivity index (χ1n) is 5.40. The molecule has 16 heavy (non-hydrogen) atoms. The number of hydrogen-bond acceptors (Lipinski definition) is 0. The Hall–Kier alpha value is -1.76. The van der Waals surface area contributed by atoms with Gasteiger partial charge in [0.1, 0.15) is 0 Å². The summed E-state index contributed by atoms with van der Waals surface area (Å²) in [5.74, 6) is 0. The van der Waals surface area contributed by atoms with Crippen LogP contribution in [0.4, 0.5) is 0 Å². The SMILES string of the molecule is C=C/C=C\c1c(C=C)c(/C=C\C)n(C)c1C. The van der Waals surface area contributed by atoms with E-state index in [4.69, 9.17) is 0 Å². The van der Waals surface area contributed by atoms with Gasteiger partial charge in [0.25, 0.3) is 0 Å². The van der Waals surface area contributed by atoms with Crippen molar-refractivity contribution < 1.29 is 0 Å². The lowest BCUT2D eigenvalue weighted by molar-refractivity contribution is 0.869. The highest BCUT2D eigenvalue weighted by molar-refractivity contribution is 5.75. The summed E-state index contributed by atoms with van der Waals surface area (Å²) < 4.78 is 2.18. The molecule has 0 spiro atoms. The molecule has 1 heterocycles. The molecular weight excluding hydrogens is 194 g/mol. The molecule has 0 bridgehead atoms. The van der Waals surface area contributed by atoms with Crippen molar-refractivity contribution in [3.63, 3.8) is 0 Å². The molecule has 1 aromatic rings. The zero-order valence-electron chi connectivity index (χ0n) is 10.3. The molecule has 0 fully saturated rings. The minimum absolute atomic E-state index is 1.18. The molecule has 0 N–H and O–H groups in total. The van der Waals surface area contributed by atoms with Crippen molar-refractivity contribution in [2.24, 2.45) is 7.05 Å². The maximum Gasteiger partial charge on any atom is 0.0482 e. The maximum atomic E-state index is 3.89. The predicted molar refractivity (Wildman–Crippen MR) is 74.2 cm³/mol. The number of hydrogen-bond donors (Lipinski definition) is 0. The summed E-state index contributed by atoms with van der Waals surface area (Å²) in [4.78, 5) is 0. The van der Waals surface area contributed by atoms with E-state index in [1.165, 1.54) is 22.5 Å². The van der Waals surface area contributed by atoms with E-state index in [0.29, 0.717) is 0 Å². The van der Waals surface area contributed by atoms with E-state index in [1.54, 1.807) is 6.08 Å². The van der Waals surface area contributed by atoms with Crippen molar-refractivity contribution in [2.45, 2.75) is 13.8 Å². The maximum absolute atomic E-state index is 3.89. The Kier molecular flexibility index (Phi) is 4.12. The van der Waals surface area contributed by atoms with Gasteiger partial charge in [-0.1, -0.05) is 43.5 Å². The van der Waals surface area contributed by atoms with Crippen LogP contribution in [0, 0.1) is 6.92 Å². The molecule has 1 aromatic heterocycles. The van der Waals surface area contributed by atoms with Gasteiger partial charge in [0.15, 0.2) is 0 Å². The quantitative estimate of drug-likeness (QED) is 0.660. The van der Waals surface area contributed by atoms with E-state index in [2.05, 4.69) is 43.8 Å². The Morgan fingerprint density at radius 1 is 1.12 bits per heavy atom. The summed E-state index contributed by atoms with van der Waals surface area (Å²) in [7, 11) is 2.07. The van der Waals surface area contributed by atoms with Gasteiger partial charge < -0.3 is 4.57 Å². The Bertz CT molecular complexity index is 456. The van der Waals surface area contributed by atoms with Crippen LogP contribution in [0.3, 0.4) is 0 Å². The molecule has 0 atom stereocenters. The lowest BCUT2D eigenvalue weighted by atomic mass is 10.1. The van der Waals surface area contributed by atoms with E-state index in [9.17, 15) is 0 Å². The molecule has 1 rings (SSSR count). The van der Waals surface area contributed by atoms with Crippen LogP contribution in [-0.2, 0) is 7.05 Å². The molecule has 1 heteroatoms. The molecule has 0 aliphatic heterocycles. The van der Waals surface area contributed by atoms with E-state index in [1.807, 2.05) is 25.2 Å². The number of aromatic nitrogens is 1. The Morgan fingerprint density at radius 2 is 1.81 bits per heavy atom. The summed E-state index contributed by atoms with van der Waals surface area (Å²) in [6.07, 6.45) is 11.9. The second-order valence-electron chi connectivity index (χ2n) is 3.66. The second-order valence-corrected chi connectivity index (χ2v) is 3.66. The molecule has 0 radical (unpaired) electrons. The average Bonchev–Trinajstić information content (AvgIpc) is 2.51. The van der Waals surface area contributed by atoms with E-state index >= 15 is 0 Å². The smallest absolute Gasteiger partial charge is 0.0482 e. The highest BCUT2D eigenvalue weighted by Gasteiger charge is 2.11. The molecule has 0 saturated carbocycles.